The molecule has 6 heteroatoms. The standard InChI is InChI=1S/C10H19N5O/c1-10(2,3)13-9(16)11-5-4-7-15-8-6-12-14-15/h6,8H,4-5,7H2,1-3H3,(H2,11,13,16). The molecule has 0 aliphatic heterocycles. The monoisotopic (exact) mass is 225 g/mol. The van der Waals surface area contributed by atoms with Crippen LogP contribution in [-0.2, 0) is 6.54 Å². The lowest BCUT2D eigenvalue weighted by Crippen LogP contribution is -2.46. The Labute approximate surface area is 95.4 Å². The summed E-state index contributed by atoms with van der Waals surface area (Å²) in [5.41, 5.74) is -0.198. The number of carbonyl (C=O) groups is 1. The topological polar surface area (TPSA) is 71.8 Å². The average Bonchev–Trinajstić information content (AvgIpc) is 2.62. The Kier molecular flexibility index (Phi) is 4.28. The number of nitrogens with one attached hydrogen (secondary N) is 2. The highest BCUT2D eigenvalue weighted by Gasteiger charge is 2.12. The summed E-state index contributed by atoms with van der Waals surface area (Å²) in [4.78, 5) is 11.4. The molecule has 6 nitrogen and oxygen atoms in total. The zero-order valence-corrected chi connectivity index (χ0v) is 10.0. The Bertz CT molecular complexity index is 314. The highest BCUT2D eigenvalue weighted by molar-refractivity contribution is 5.74. The molecule has 2 N–H and O–H groups in total. The van der Waals surface area contributed by atoms with Crippen LogP contribution >= 0.6 is 0 Å². The van der Waals surface area contributed by atoms with Crippen LogP contribution in [0.4, 0.5) is 4.79 Å². The molecular weight excluding hydrogens is 206 g/mol. The summed E-state index contributed by atoms with van der Waals surface area (Å²) in [5, 5.41) is 13.1. The number of hydrogen-bond acceptors (Lipinski definition) is 3. The Morgan fingerprint density at radius 3 is 2.75 bits per heavy atom. The van der Waals surface area contributed by atoms with Gasteiger partial charge >= 0.3 is 6.03 Å². The Morgan fingerprint density at radius 1 is 1.44 bits per heavy atom. The minimum absolute atomic E-state index is 0.133. The molecule has 0 unspecified atom stereocenters. The molecular formula is C10H19N5O. The van der Waals surface area contributed by atoms with Gasteiger partial charge in [0.05, 0.1) is 6.20 Å². The van der Waals surface area contributed by atoms with Crippen LogP contribution in [0.5, 0.6) is 0 Å². The van der Waals surface area contributed by atoms with Crippen molar-refractivity contribution in [3.63, 3.8) is 0 Å². The zero-order chi connectivity index (χ0) is 12.0. The second kappa shape index (κ2) is 5.48. The van der Waals surface area contributed by atoms with Crippen LogP contribution in [0.15, 0.2) is 12.4 Å². The number of carbonyl (C=O) groups excluding carboxylic acids is 1. The summed E-state index contributed by atoms with van der Waals surface area (Å²) < 4.78 is 1.74. The minimum Gasteiger partial charge on any atom is -0.338 e. The first-order valence-electron chi connectivity index (χ1n) is 5.37. The Morgan fingerprint density at radius 2 is 2.19 bits per heavy atom. The molecule has 2 amide bonds. The molecule has 0 aliphatic rings. The molecule has 16 heavy (non-hydrogen) atoms. The third kappa shape index (κ3) is 5.33. The van der Waals surface area contributed by atoms with Gasteiger partial charge in [-0.05, 0) is 27.2 Å². The average molecular weight is 225 g/mol. The molecule has 0 radical (unpaired) electrons. The van der Waals surface area contributed by atoms with Crippen molar-refractivity contribution in [1.82, 2.24) is 25.6 Å². The van der Waals surface area contributed by atoms with Crippen LogP contribution in [0, 0.1) is 0 Å². The fourth-order valence-corrected chi connectivity index (χ4v) is 1.18. The van der Waals surface area contributed by atoms with Crippen molar-refractivity contribution >= 4 is 6.03 Å². The van der Waals surface area contributed by atoms with E-state index in [0.29, 0.717) is 6.54 Å². The van der Waals surface area contributed by atoms with E-state index in [0.717, 1.165) is 13.0 Å². The van der Waals surface area contributed by atoms with E-state index in [1.807, 2.05) is 20.8 Å². The lowest BCUT2D eigenvalue weighted by molar-refractivity contribution is 0.231. The van der Waals surface area contributed by atoms with Crippen molar-refractivity contribution in [1.29, 1.82) is 0 Å². The summed E-state index contributed by atoms with van der Waals surface area (Å²) in [5.74, 6) is 0. The lowest BCUT2D eigenvalue weighted by atomic mass is 10.1. The van der Waals surface area contributed by atoms with Gasteiger partial charge < -0.3 is 10.6 Å². The quantitative estimate of drug-likeness (QED) is 0.743. The number of aromatic nitrogens is 3. The van der Waals surface area contributed by atoms with Crippen molar-refractivity contribution in [2.75, 3.05) is 6.54 Å². The molecule has 1 aromatic heterocycles. The van der Waals surface area contributed by atoms with E-state index in [1.165, 1.54) is 0 Å². The molecule has 0 spiro atoms. The maximum atomic E-state index is 11.4. The Balaban J connectivity index is 2.09. The van der Waals surface area contributed by atoms with Crippen LogP contribution in [-0.4, -0.2) is 33.1 Å². The highest BCUT2D eigenvalue weighted by Crippen LogP contribution is 1.97. The van der Waals surface area contributed by atoms with Gasteiger partial charge in [0.1, 0.15) is 0 Å². The van der Waals surface area contributed by atoms with E-state index >= 15 is 0 Å². The van der Waals surface area contributed by atoms with Crippen LogP contribution < -0.4 is 10.6 Å². The van der Waals surface area contributed by atoms with Crippen molar-refractivity contribution in [2.24, 2.45) is 0 Å². The van der Waals surface area contributed by atoms with Gasteiger partial charge in [0.15, 0.2) is 0 Å². The van der Waals surface area contributed by atoms with Gasteiger partial charge in [-0.1, -0.05) is 5.21 Å². The maximum absolute atomic E-state index is 11.4. The summed E-state index contributed by atoms with van der Waals surface area (Å²) in [6, 6.07) is -0.133. The summed E-state index contributed by atoms with van der Waals surface area (Å²) in [6.45, 7) is 7.23. The second-order valence-electron chi connectivity index (χ2n) is 4.65. The van der Waals surface area contributed by atoms with Crippen LogP contribution in [0.3, 0.4) is 0 Å². The molecule has 90 valence electrons. The number of aryl methyl sites for hydroxylation is 1. The molecule has 1 rings (SSSR count). The largest absolute Gasteiger partial charge is 0.338 e. The molecule has 0 bridgehead atoms. The normalized spacial score (nSPS) is 11.2. The van der Waals surface area contributed by atoms with Crippen molar-refractivity contribution in [2.45, 2.75) is 39.3 Å². The van der Waals surface area contributed by atoms with Gasteiger partial charge in [0.25, 0.3) is 0 Å². The SMILES string of the molecule is CC(C)(C)NC(=O)NCCCn1ccnn1. The van der Waals surface area contributed by atoms with E-state index < -0.39 is 0 Å². The number of nitrogens with zero attached hydrogens (tertiary/aromatic N) is 3. The van der Waals surface area contributed by atoms with Crippen molar-refractivity contribution in [3.8, 4) is 0 Å². The fourth-order valence-electron chi connectivity index (χ4n) is 1.18. The van der Waals surface area contributed by atoms with Crippen LogP contribution in [0.1, 0.15) is 27.2 Å². The van der Waals surface area contributed by atoms with Gasteiger partial charge in [-0.2, -0.15) is 0 Å². The molecule has 1 heterocycles. The fraction of sp³-hybridized carbons (Fsp3) is 0.700. The summed E-state index contributed by atoms with van der Waals surface area (Å²) in [7, 11) is 0. The predicted octanol–water partition coefficient (Wildman–Crippen LogP) is 0.766. The van der Waals surface area contributed by atoms with E-state index in [9.17, 15) is 4.79 Å². The molecule has 0 atom stereocenters. The van der Waals surface area contributed by atoms with Gasteiger partial charge in [0.2, 0.25) is 0 Å². The summed E-state index contributed by atoms with van der Waals surface area (Å²) in [6.07, 6.45) is 4.27. The van der Waals surface area contributed by atoms with E-state index in [1.54, 1.807) is 17.1 Å². The lowest BCUT2D eigenvalue weighted by Gasteiger charge is -2.20. The Hall–Kier alpha value is -1.59. The predicted molar refractivity (Wildman–Crippen MR) is 60.9 cm³/mol. The van der Waals surface area contributed by atoms with Gasteiger partial charge in [-0.15, -0.1) is 5.10 Å². The first kappa shape index (κ1) is 12.5. The molecule has 1 aromatic rings. The van der Waals surface area contributed by atoms with Crippen molar-refractivity contribution < 1.29 is 4.79 Å². The molecule has 0 saturated carbocycles. The van der Waals surface area contributed by atoms with Crippen LogP contribution in [0.2, 0.25) is 0 Å². The van der Waals surface area contributed by atoms with E-state index in [-0.39, 0.29) is 11.6 Å². The number of amides is 2. The molecule has 0 fully saturated rings. The first-order chi connectivity index (χ1) is 7.47. The highest BCUT2D eigenvalue weighted by atomic mass is 16.2. The zero-order valence-electron chi connectivity index (χ0n) is 10.0. The minimum atomic E-state index is -0.198. The van der Waals surface area contributed by atoms with Gasteiger partial charge in [-0.25, -0.2) is 4.79 Å². The number of rotatable bonds is 4. The molecule has 0 aliphatic carbocycles. The molecule has 0 aromatic carbocycles. The van der Waals surface area contributed by atoms with E-state index in [2.05, 4.69) is 20.9 Å². The second-order valence-corrected chi connectivity index (χ2v) is 4.65. The summed E-state index contributed by atoms with van der Waals surface area (Å²) >= 11 is 0. The van der Waals surface area contributed by atoms with Crippen LogP contribution in [0.25, 0.3) is 0 Å². The third-order valence-corrected chi connectivity index (χ3v) is 1.81. The molecule has 0 saturated heterocycles. The number of hydrogen-bond donors (Lipinski definition) is 2. The smallest absolute Gasteiger partial charge is 0.315 e. The van der Waals surface area contributed by atoms with Crippen molar-refractivity contribution in [3.05, 3.63) is 12.4 Å². The van der Waals surface area contributed by atoms with Gasteiger partial charge in [0, 0.05) is 24.8 Å². The number of urea groups is 1. The maximum Gasteiger partial charge on any atom is 0.315 e. The first-order valence-corrected chi connectivity index (χ1v) is 5.37. The third-order valence-electron chi connectivity index (χ3n) is 1.81. The van der Waals surface area contributed by atoms with Gasteiger partial charge in [-0.3, -0.25) is 4.68 Å². The van der Waals surface area contributed by atoms with E-state index in [4.69, 9.17) is 0 Å².